The Labute approximate surface area is 128 Å². The van der Waals surface area contributed by atoms with Crippen molar-refractivity contribution < 1.29 is 9.59 Å². The molecule has 2 N–H and O–H groups in total. The maximum atomic E-state index is 12.5. The quantitative estimate of drug-likeness (QED) is 0.914. The van der Waals surface area contributed by atoms with Gasteiger partial charge >= 0.3 is 0 Å². The van der Waals surface area contributed by atoms with Crippen LogP contribution in [0.2, 0.25) is 0 Å². The maximum Gasteiger partial charge on any atom is 0.246 e. The number of amides is 2. The monoisotopic (exact) mass is 295 g/mol. The van der Waals surface area contributed by atoms with Gasteiger partial charge in [0.15, 0.2) is 0 Å². The average Bonchev–Trinajstić information content (AvgIpc) is 2.53. The highest BCUT2D eigenvalue weighted by molar-refractivity contribution is 6.10. The second-order valence-corrected chi connectivity index (χ2v) is 5.21. The van der Waals surface area contributed by atoms with Gasteiger partial charge in [-0.3, -0.25) is 14.5 Å². The molecule has 5 nitrogen and oxygen atoms in total. The Morgan fingerprint density at radius 1 is 1.18 bits per heavy atom. The summed E-state index contributed by atoms with van der Waals surface area (Å²) in [6.07, 6.45) is 0. The minimum atomic E-state index is -0.178. The third-order valence-electron chi connectivity index (χ3n) is 3.65. The lowest BCUT2D eigenvalue weighted by Crippen LogP contribution is -2.44. The Morgan fingerprint density at radius 3 is 2.73 bits per heavy atom. The molecule has 5 heteroatoms. The van der Waals surface area contributed by atoms with Crippen LogP contribution in [0.4, 0.5) is 17.1 Å². The Bertz CT molecular complexity index is 727. The second-order valence-electron chi connectivity index (χ2n) is 5.21. The summed E-state index contributed by atoms with van der Waals surface area (Å²) in [6.45, 7) is 2.17. The first-order valence-electron chi connectivity index (χ1n) is 7.14. The van der Waals surface area contributed by atoms with E-state index in [1.54, 1.807) is 6.07 Å². The van der Waals surface area contributed by atoms with Gasteiger partial charge in [0.1, 0.15) is 6.54 Å². The van der Waals surface area contributed by atoms with E-state index in [-0.39, 0.29) is 24.9 Å². The Balaban J connectivity index is 1.75. The van der Waals surface area contributed by atoms with E-state index in [0.717, 1.165) is 16.9 Å². The molecule has 1 aliphatic heterocycles. The van der Waals surface area contributed by atoms with E-state index in [4.69, 9.17) is 0 Å². The number of anilines is 3. The smallest absolute Gasteiger partial charge is 0.246 e. The van der Waals surface area contributed by atoms with Crippen molar-refractivity contribution in [3.63, 3.8) is 0 Å². The number of nitrogens with zero attached hydrogens (tertiary/aromatic N) is 1. The molecule has 1 aliphatic rings. The summed E-state index contributed by atoms with van der Waals surface area (Å²) in [5.41, 5.74) is 3.40. The summed E-state index contributed by atoms with van der Waals surface area (Å²) in [4.78, 5) is 25.7. The van der Waals surface area contributed by atoms with Crippen molar-refractivity contribution in [3.05, 3.63) is 54.1 Å². The zero-order chi connectivity index (χ0) is 15.5. The number of fused-ring (bicyclic) bond motifs is 1. The van der Waals surface area contributed by atoms with Gasteiger partial charge in [-0.2, -0.15) is 0 Å². The molecule has 0 spiro atoms. The molecule has 2 aromatic carbocycles. The topological polar surface area (TPSA) is 61.4 Å². The van der Waals surface area contributed by atoms with Gasteiger partial charge in [0.05, 0.1) is 17.9 Å². The number of para-hydroxylation sites is 3. The van der Waals surface area contributed by atoms with Gasteiger partial charge in [0.2, 0.25) is 11.8 Å². The summed E-state index contributed by atoms with van der Waals surface area (Å²) in [6, 6.07) is 15.1. The fourth-order valence-electron chi connectivity index (χ4n) is 2.49. The number of aryl methyl sites for hydroxylation is 1. The number of nitrogens with one attached hydrogen (secondary N) is 2. The van der Waals surface area contributed by atoms with Gasteiger partial charge in [-0.1, -0.05) is 30.3 Å². The third kappa shape index (κ3) is 2.79. The van der Waals surface area contributed by atoms with Crippen molar-refractivity contribution in [2.45, 2.75) is 6.92 Å². The van der Waals surface area contributed by atoms with E-state index < -0.39 is 0 Å². The van der Waals surface area contributed by atoms with E-state index >= 15 is 0 Å². The van der Waals surface area contributed by atoms with E-state index in [2.05, 4.69) is 10.6 Å². The van der Waals surface area contributed by atoms with Crippen LogP contribution in [0.15, 0.2) is 48.5 Å². The minimum Gasteiger partial charge on any atom is -0.376 e. The molecule has 22 heavy (non-hydrogen) atoms. The third-order valence-corrected chi connectivity index (χ3v) is 3.65. The Kier molecular flexibility index (Phi) is 3.78. The van der Waals surface area contributed by atoms with Gasteiger partial charge in [0, 0.05) is 5.69 Å². The zero-order valence-electron chi connectivity index (χ0n) is 12.3. The van der Waals surface area contributed by atoms with Gasteiger partial charge in [-0.15, -0.1) is 0 Å². The molecule has 0 aromatic heterocycles. The van der Waals surface area contributed by atoms with Crippen molar-refractivity contribution in [2.75, 3.05) is 28.6 Å². The normalized spacial score (nSPS) is 13.3. The Morgan fingerprint density at radius 2 is 1.91 bits per heavy atom. The number of carbonyl (C=O) groups is 2. The van der Waals surface area contributed by atoms with Crippen LogP contribution in [0.3, 0.4) is 0 Å². The fraction of sp³-hybridized carbons (Fsp3) is 0.176. The highest BCUT2D eigenvalue weighted by atomic mass is 16.2. The number of benzene rings is 2. The molecule has 2 amide bonds. The first-order valence-corrected chi connectivity index (χ1v) is 7.14. The molecule has 0 unspecified atom stereocenters. The largest absolute Gasteiger partial charge is 0.376 e. The summed E-state index contributed by atoms with van der Waals surface area (Å²) < 4.78 is 0. The van der Waals surface area contributed by atoms with Crippen LogP contribution in [0.1, 0.15) is 5.56 Å². The lowest BCUT2D eigenvalue weighted by molar-refractivity contribution is -0.120. The van der Waals surface area contributed by atoms with Crippen LogP contribution in [-0.4, -0.2) is 24.9 Å². The molecule has 0 atom stereocenters. The first kappa shape index (κ1) is 14.1. The molecule has 1 heterocycles. The van der Waals surface area contributed by atoms with Crippen LogP contribution < -0.4 is 15.5 Å². The van der Waals surface area contributed by atoms with Crippen LogP contribution in [0.5, 0.6) is 0 Å². The number of hydrogen-bond donors (Lipinski definition) is 2. The van der Waals surface area contributed by atoms with Crippen LogP contribution in [0, 0.1) is 6.92 Å². The first-order chi connectivity index (χ1) is 10.6. The van der Waals surface area contributed by atoms with E-state index in [0.29, 0.717) is 5.69 Å². The van der Waals surface area contributed by atoms with Crippen LogP contribution in [-0.2, 0) is 9.59 Å². The van der Waals surface area contributed by atoms with Crippen molar-refractivity contribution in [1.29, 1.82) is 0 Å². The molecule has 3 rings (SSSR count). The molecular formula is C17H17N3O2. The molecular weight excluding hydrogens is 278 g/mol. The van der Waals surface area contributed by atoms with Crippen molar-refractivity contribution in [3.8, 4) is 0 Å². The molecule has 0 saturated carbocycles. The van der Waals surface area contributed by atoms with E-state index in [9.17, 15) is 9.59 Å². The van der Waals surface area contributed by atoms with Crippen LogP contribution in [0.25, 0.3) is 0 Å². The number of rotatable bonds is 3. The number of hydrogen-bond acceptors (Lipinski definition) is 3. The summed E-state index contributed by atoms with van der Waals surface area (Å²) >= 11 is 0. The SMILES string of the molecule is Cc1ccccc1NCC(=O)N1CC(=O)Nc2ccccc21. The van der Waals surface area contributed by atoms with Gasteiger partial charge in [0.25, 0.3) is 0 Å². The summed E-state index contributed by atoms with van der Waals surface area (Å²) in [7, 11) is 0. The predicted octanol–water partition coefficient (Wildman–Crippen LogP) is 2.39. The molecule has 112 valence electrons. The van der Waals surface area contributed by atoms with Gasteiger partial charge < -0.3 is 10.6 Å². The fourth-order valence-corrected chi connectivity index (χ4v) is 2.49. The molecule has 0 aliphatic carbocycles. The molecule has 0 bridgehead atoms. The highest BCUT2D eigenvalue weighted by Crippen LogP contribution is 2.28. The van der Waals surface area contributed by atoms with Crippen molar-refractivity contribution in [2.24, 2.45) is 0 Å². The molecule has 0 radical (unpaired) electrons. The zero-order valence-corrected chi connectivity index (χ0v) is 12.3. The predicted molar refractivity (Wildman–Crippen MR) is 87.1 cm³/mol. The van der Waals surface area contributed by atoms with Crippen molar-refractivity contribution >= 4 is 28.9 Å². The molecule has 2 aromatic rings. The van der Waals surface area contributed by atoms with Gasteiger partial charge in [-0.25, -0.2) is 0 Å². The Hall–Kier alpha value is -2.82. The second kappa shape index (κ2) is 5.89. The van der Waals surface area contributed by atoms with Crippen molar-refractivity contribution in [1.82, 2.24) is 0 Å². The van der Waals surface area contributed by atoms with Gasteiger partial charge in [-0.05, 0) is 30.7 Å². The lowest BCUT2D eigenvalue weighted by Gasteiger charge is -2.29. The average molecular weight is 295 g/mol. The summed E-state index contributed by atoms with van der Waals surface area (Å²) in [5.74, 6) is -0.312. The molecule has 0 saturated heterocycles. The lowest BCUT2D eigenvalue weighted by atomic mass is 10.2. The highest BCUT2D eigenvalue weighted by Gasteiger charge is 2.26. The summed E-state index contributed by atoms with van der Waals surface area (Å²) in [5, 5.41) is 5.91. The standard InChI is InChI=1S/C17H17N3O2/c1-12-6-2-3-7-13(12)18-10-17(22)20-11-16(21)19-14-8-4-5-9-15(14)20/h2-9,18H,10-11H2,1H3,(H,19,21). The minimum absolute atomic E-state index is 0.0469. The van der Waals surface area contributed by atoms with E-state index in [1.807, 2.05) is 49.4 Å². The van der Waals surface area contributed by atoms with E-state index in [1.165, 1.54) is 4.90 Å². The van der Waals surface area contributed by atoms with Crippen LogP contribution >= 0.6 is 0 Å². The number of carbonyl (C=O) groups excluding carboxylic acids is 2. The maximum absolute atomic E-state index is 12.5. The molecule has 0 fully saturated rings.